The summed E-state index contributed by atoms with van der Waals surface area (Å²) in [6.45, 7) is 0. The number of benzene rings is 1. The molecule has 1 aromatic rings. The summed E-state index contributed by atoms with van der Waals surface area (Å²) in [6, 6.07) is 7.43. The van der Waals surface area contributed by atoms with Crippen molar-refractivity contribution in [2.75, 3.05) is 7.11 Å². The maximum Gasteiger partial charge on any atom is 0.326 e. The number of carbonyl (C=O) groups excluding carboxylic acids is 1. The fourth-order valence-corrected chi connectivity index (χ4v) is 2.11. The van der Waals surface area contributed by atoms with Gasteiger partial charge in [-0.2, -0.15) is 0 Å². The van der Waals surface area contributed by atoms with Crippen molar-refractivity contribution in [3.05, 3.63) is 34.9 Å². The van der Waals surface area contributed by atoms with Crippen LogP contribution in [0.25, 0.3) is 0 Å². The van der Waals surface area contributed by atoms with E-state index in [-0.39, 0.29) is 11.9 Å². The Morgan fingerprint density at radius 3 is 2.87 bits per heavy atom. The van der Waals surface area contributed by atoms with Crippen LogP contribution in [0.3, 0.4) is 0 Å². The van der Waals surface area contributed by atoms with Gasteiger partial charge in [0.05, 0.1) is 7.11 Å². The molecule has 4 heteroatoms. The molecular formula is C11H12ClNO2. The minimum absolute atomic E-state index is 0.0151. The van der Waals surface area contributed by atoms with Gasteiger partial charge in [0.25, 0.3) is 0 Å². The summed E-state index contributed by atoms with van der Waals surface area (Å²) in [6.07, 6.45) is 0.601. The van der Waals surface area contributed by atoms with Gasteiger partial charge in [-0.05, 0) is 18.1 Å². The van der Waals surface area contributed by atoms with E-state index in [1.165, 1.54) is 7.11 Å². The van der Waals surface area contributed by atoms with Gasteiger partial charge in [0.1, 0.15) is 5.54 Å². The van der Waals surface area contributed by atoms with E-state index >= 15 is 0 Å². The van der Waals surface area contributed by atoms with Gasteiger partial charge in [-0.25, -0.2) is 0 Å². The molecule has 0 spiro atoms. The van der Waals surface area contributed by atoms with Crippen LogP contribution in [0.5, 0.6) is 0 Å². The third-order valence-corrected chi connectivity index (χ3v) is 3.19. The molecular weight excluding hydrogens is 214 g/mol. The molecule has 0 bridgehead atoms. The number of methoxy groups -OCH3 is 1. The van der Waals surface area contributed by atoms with Crippen LogP contribution >= 0.6 is 11.6 Å². The van der Waals surface area contributed by atoms with Crippen molar-refractivity contribution in [2.45, 2.75) is 17.9 Å². The van der Waals surface area contributed by atoms with Gasteiger partial charge in [0.15, 0.2) is 0 Å². The molecule has 80 valence electrons. The predicted molar refractivity (Wildman–Crippen MR) is 57.7 cm³/mol. The number of carbonyl (C=O) groups is 1. The first-order chi connectivity index (χ1) is 7.09. The van der Waals surface area contributed by atoms with E-state index in [1.807, 2.05) is 18.2 Å². The van der Waals surface area contributed by atoms with Crippen molar-refractivity contribution >= 4 is 17.6 Å². The van der Waals surface area contributed by atoms with Crippen molar-refractivity contribution in [1.29, 1.82) is 0 Å². The molecule has 0 saturated heterocycles. The lowest BCUT2D eigenvalue weighted by molar-refractivity contribution is -0.143. The summed E-state index contributed by atoms with van der Waals surface area (Å²) in [7, 11) is 1.35. The second-order valence-electron chi connectivity index (χ2n) is 3.81. The Balaban J connectivity index is 2.24. The first-order valence-electron chi connectivity index (χ1n) is 4.71. The highest BCUT2D eigenvalue weighted by molar-refractivity contribution is 6.31. The molecule has 1 aliphatic rings. The molecule has 2 N–H and O–H groups in total. The van der Waals surface area contributed by atoms with Gasteiger partial charge in [0, 0.05) is 10.9 Å². The summed E-state index contributed by atoms with van der Waals surface area (Å²) in [5.41, 5.74) is 5.96. The molecule has 0 aromatic heterocycles. The molecule has 0 radical (unpaired) electrons. The highest BCUT2D eigenvalue weighted by Crippen LogP contribution is 2.51. The van der Waals surface area contributed by atoms with Crippen LogP contribution in [0, 0.1) is 0 Å². The highest BCUT2D eigenvalue weighted by Gasteiger charge is 2.59. The average molecular weight is 226 g/mol. The minimum atomic E-state index is -0.875. The van der Waals surface area contributed by atoms with Gasteiger partial charge in [-0.15, -0.1) is 0 Å². The van der Waals surface area contributed by atoms with Crippen molar-refractivity contribution in [3.63, 3.8) is 0 Å². The third-order valence-electron chi connectivity index (χ3n) is 2.85. The average Bonchev–Trinajstić information content (AvgIpc) is 2.91. The molecule has 0 amide bonds. The van der Waals surface area contributed by atoms with Crippen LogP contribution in [-0.4, -0.2) is 18.6 Å². The van der Waals surface area contributed by atoms with E-state index < -0.39 is 5.54 Å². The topological polar surface area (TPSA) is 52.3 Å². The van der Waals surface area contributed by atoms with Crippen molar-refractivity contribution in [3.8, 4) is 0 Å². The number of nitrogens with two attached hydrogens (primary N) is 1. The van der Waals surface area contributed by atoms with Crippen LogP contribution in [0.4, 0.5) is 0 Å². The maximum absolute atomic E-state index is 11.4. The van der Waals surface area contributed by atoms with E-state index in [0.29, 0.717) is 11.4 Å². The number of halogens is 1. The zero-order valence-electron chi connectivity index (χ0n) is 8.37. The maximum atomic E-state index is 11.4. The molecule has 1 saturated carbocycles. The van der Waals surface area contributed by atoms with Crippen molar-refractivity contribution < 1.29 is 9.53 Å². The fourth-order valence-electron chi connectivity index (χ4n) is 1.84. The zero-order valence-corrected chi connectivity index (χ0v) is 9.12. The Labute approximate surface area is 93.2 Å². The lowest BCUT2D eigenvalue weighted by Crippen LogP contribution is -2.35. The summed E-state index contributed by atoms with van der Waals surface area (Å²) in [5.74, 6) is -0.383. The zero-order chi connectivity index (χ0) is 11.1. The van der Waals surface area contributed by atoms with E-state index in [9.17, 15) is 4.79 Å². The van der Waals surface area contributed by atoms with Crippen LogP contribution < -0.4 is 5.73 Å². The van der Waals surface area contributed by atoms with Crippen LogP contribution in [0.1, 0.15) is 17.9 Å². The Hall–Kier alpha value is -1.06. The lowest BCUT2D eigenvalue weighted by atomic mass is 10.1. The first-order valence-corrected chi connectivity index (χ1v) is 5.09. The Morgan fingerprint density at radius 2 is 2.27 bits per heavy atom. The summed E-state index contributed by atoms with van der Waals surface area (Å²) >= 11 is 6.03. The Bertz CT molecular complexity index is 407. The molecule has 3 nitrogen and oxygen atoms in total. The quantitative estimate of drug-likeness (QED) is 0.780. The SMILES string of the molecule is COC(=O)C1(N)CC1c1ccccc1Cl. The van der Waals surface area contributed by atoms with Crippen LogP contribution in [-0.2, 0) is 9.53 Å². The number of esters is 1. The molecule has 2 rings (SSSR count). The number of hydrogen-bond donors (Lipinski definition) is 1. The monoisotopic (exact) mass is 225 g/mol. The van der Waals surface area contributed by atoms with E-state index in [0.717, 1.165) is 5.56 Å². The number of hydrogen-bond acceptors (Lipinski definition) is 3. The third kappa shape index (κ3) is 1.62. The predicted octanol–water partition coefficient (Wildman–Crippen LogP) is 1.70. The molecule has 1 fully saturated rings. The molecule has 15 heavy (non-hydrogen) atoms. The fraction of sp³-hybridized carbons (Fsp3) is 0.364. The molecule has 2 unspecified atom stereocenters. The van der Waals surface area contributed by atoms with Gasteiger partial charge < -0.3 is 10.5 Å². The highest BCUT2D eigenvalue weighted by atomic mass is 35.5. The van der Waals surface area contributed by atoms with Crippen LogP contribution in [0.2, 0.25) is 5.02 Å². The molecule has 1 aromatic carbocycles. The van der Waals surface area contributed by atoms with Gasteiger partial charge >= 0.3 is 5.97 Å². The Kier molecular flexibility index (Phi) is 2.44. The largest absolute Gasteiger partial charge is 0.468 e. The van der Waals surface area contributed by atoms with Crippen molar-refractivity contribution in [1.82, 2.24) is 0 Å². The molecule has 0 aliphatic heterocycles. The van der Waals surface area contributed by atoms with Crippen molar-refractivity contribution in [2.24, 2.45) is 5.73 Å². The Morgan fingerprint density at radius 1 is 1.60 bits per heavy atom. The van der Waals surface area contributed by atoms with E-state index in [2.05, 4.69) is 4.74 Å². The standard InChI is InChI=1S/C11H12ClNO2/c1-15-10(14)11(13)6-8(11)7-4-2-3-5-9(7)12/h2-5,8H,6,13H2,1H3. The summed E-state index contributed by atoms with van der Waals surface area (Å²) in [5, 5.41) is 0.652. The number of ether oxygens (including phenoxy) is 1. The van der Waals surface area contributed by atoms with Gasteiger partial charge in [0.2, 0.25) is 0 Å². The summed E-state index contributed by atoms with van der Waals surface area (Å²) < 4.78 is 4.66. The summed E-state index contributed by atoms with van der Waals surface area (Å²) in [4.78, 5) is 11.4. The normalized spacial score (nSPS) is 28.6. The smallest absolute Gasteiger partial charge is 0.326 e. The van der Waals surface area contributed by atoms with Gasteiger partial charge in [-0.3, -0.25) is 4.79 Å². The van der Waals surface area contributed by atoms with E-state index in [4.69, 9.17) is 17.3 Å². The second kappa shape index (κ2) is 3.51. The van der Waals surface area contributed by atoms with E-state index in [1.54, 1.807) is 6.07 Å². The number of rotatable bonds is 2. The second-order valence-corrected chi connectivity index (χ2v) is 4.22. The van der Waals surface area contributed by atoms with Crippen LogP contribution in [0.15, 0.2) is 24.3 Å². The first kappa shape index (κ1) is 10.5. The minimum Gasteiger partial charge on any atom is -0.468 e. The molecule has 1 aliphatic carbocycles. The molecule has 2 atom stereocenters. The lowest BCUT2D eigenvalue weighted by Gasteiger charge is -2.09. The van der Waals surface area contributed by atoms with Gasteiger partial charge in [-0.1, -0.05) is 29.8 Å². The molecule has 0 heterocycles.